The van der Waals surface area contributed by atoms with Gasteiger partial charge in [-0.1, -0.05) is 18.2 Å². The fraction of sp³-hybridized carbons (Fsp3) is 0.214. The normalized spacial score (nSPS) is 14.6. The summed E-state index contributed by atoms with van der Waals surface area (Å²) < 4.78 is 10.8. The van der Waals surface area contributed by atoms with Gasteiger partial charge in [-0.15, -0.1) is 0 Å². The molecule has 1 aromatic heterocycles. The number of nitrogens with zero attached hydrogens (tertiary/aromatic N) is 1. The molecule has 1 aromatic carbocycles. The number of carbonyl (C=O) groups excluding carboxylic acids is 1. The Kier molecular flexibility index (Phi) is 2.76. The van der Waals surface area contributed by atoms with Crippen LogP contribution in [0.25, 0.3) is 0 Å². The predicted molar refractivity (Wildman–Crippen MR) is 65.4 cm³/mol. The number of amides is 1. The highest BCUT2D eigenvalue weighted by Crippen LogP contribution is 2.23. The van der Waals surface area contributed by atoms with Crippen molar-refractivity contribution < 1.29 is 13.9 Å². The molecule has 4 heteroatoms. The maximum atomic E-state index is 12.2. The monoisotopic (exact) mass is 243 g/mol. The molecule has 0 radical (unpaired) electrons. The van der Waals surface area contributed by atoms with E-state index >= 15 is 0 Å². The molecule has 0 N–H and O–H groups in total. The van der Waals surface area contributed by atoms with Crippen molar-refractivity contribution in [2.24, 2.45) is 0 Å². The van der Waals surface area contributed by atoms with Crippen molar-refractivity contribution in [3.05, 3.63) is 54.0 Å². The Morgan fingerprint density at radius 2 is 2.06 bits per heavy atom. The van der Waals surface area contributed by atoms with Gasteiger partial charge in [0.2, 0.25) is 0 Å². The number of para-hydroxylation sites is 1. The summed E-state index contributed by atoms with van der Waals surface area (Å²) in [6.45, 7) is 1.62. The molecule has 1 aliphatic heterocycles. The Morgan fingerprint density at radius 3 is 2.89 bits per heavy atom. The van der Waals surface area contributed by atoms with E-state index in [1.54, 1.807) is 17.0 Å². The number of benzene rings is 1. The lowest BCUT2D eigenvalue weighted by molar-refractivity contribution is 0.0701. The van der Waals surface area contributed by atoms with Crippen molar-refractivity contribution in [1.29, 1.82) is 0 Å². The summed E-state index contributed by atoms with van der Waals surface area (Å²) in [6.07, 6.45) is 1.51. The van der Waals surface area contributed by atoms with E-state index in [1.165, 1.54) is 6.26 Å². The lowest BCUT2D eigenvalue weighted by Gasteiger charge is -2.18. The summed E-state index contributed by atoms with van der Waals surface area (Å²) >= 11 is 0. The van der Waals surface area contributed by atoms with Crippen LogP contribution in [-0.2, 0) is 6.54 Å². The number of rotatable bonds is 1. The quantitative estimate of drug-likeness (QED) is 0.772. The average Bonchev–Trinajstić information content (AvgIpc) is 2.84. The molecule has 0 atom stereocenters. The van der Waals surface area contributed by atoms with Crippen LogP contribution in [0.3, 0.4) is 0 Å². The minimum atomic E-state index is -0.0969. The third kappa shape index (κ3) is 1.97. The van der Waals surface area contributed by atoms with Crippen LogP contribution < -0.4 is 4.74 Å². The van der Waals surface area contributed by atoms with Gasteiger partial charge in [-0.3, -0.25) is 4.79 Å². The van der Waals surface area contributed by atoms with Gasteiger partial charge in [0.25, 0.3) is 5.91 Å². The highest BCUT2D eigenvalue weighted by Gasteiger charge is 2.22. The largest absolute Gasteiger partial charge is 0.491 e. The summed E-state index contributed by atoms with van der Waals surface area (Å²) in [5, 5.41) is 0. The second kappa shape index (κ2) is 4.56. The number of fused-ring (bicyclic) bond motifs is 1. The van der Waals surface area contributed by atoms with Crippen LogP contribution in [0.1, 0.15) is 16.1 Å². The van der Waals surface area contributed by atoms with E-state index in [9.17, 15) is 4.79 Å². The van der Waals surface area contributed by atoms with Gasteiger partial charge in [0.15, 0.2) is 5.76 Å². The SMILES string of the molecule is O=C(c1ccco1)N1CCOc2ccccc2C1. The second-order valence-corrected chi connectivity index (χ2v) is 4.16. The average molecular weight is 243 g/mol. The molecule has 0 saturated heterocycles. The Balaban J connectivity index is 1.85. The van der Waals surface area contributed by atoms with Crippen molar-refractivity contribution in [3.63, 3.8) is 0 Å². The van der Waals surface area contributed by atoms with E-state index < -0.39 is 0 Å². The van der Waals surface area contributed by atoms with E-state index in [-0.39, 0.29) is 5.91 Å². The first-order chi connectivity index (χ1) is 8.84. The molecule has 1 amide bonds. The van der Waals surface area contributed by atoms with Gasteiger partial charge in [0.05, 0.1) is 12.8 Å². The summed E-state index contributed by atoms with van der Waals surface area (Å²) in [7, 11) is 0. The maximum absolute atomic E-state index is 12.2. The lowest BCUT2D eigenvalue weighted by atomic mass is 10.2. The van der Waals surface area contributed by atoms with E-state index in [2.05, 4.69) is 0 Å². The Hall–Kier alpha value is -2.23. The summed E-state index contributed by atoms with van der Waals surface area (Å²) in [6, 6.07) is 11.2. The molecule has 2 aromatic rings. The molecule has 0 spiro atoms. The predicted octanol–water partition coefficient (Wildman–Crippen LogP) is 2.31. The minimum absolute atomic E-state index is 0.0969. The van der Waals surface area contributed by atoms with Gasteiger partial charge in [-0.05, 0) is 18.2 Å². The molecular weight excluding hydrogens is 230 g/mol. The van der Waals surface area contributed by atoms with Crippen LogP contribution in [0, 0.1) is 0 Å². The lowest BCUT2D eigenvalue weighted by Crippen LogP contribution is -2.32. The number of hydrogen-bond donors (Lipinski definition) is 0. The molecule has 3 rings (SSSR count). The van der Waals surface area contributed by atoms with Crippen LogP contribution in [0.4, 0.5) is 0 Å². The summed E-state index contributed by atoms with van der Waals surface area (Å²) in [5.74, 6) is 1.13. The van der Waals surface area contributed by atoms with Gasteiger partial charge in [-0.2, -0.15) is 0 Å². The molecule has 1 aliphatic rings. The van der Waals surface area contributed by atoms with Gasteiger partial charge in [0.1, 0.15) is 12.4 Å². The van der Waals surface area contributed by atoms with Crippen molar-refractivity contribution in [1.82, 2.24) is 4.90 Å². The zero-order valence-corrected chi connectivity index (χ0v) is 9.83. The third-order valence-corrected chi connectivity index (χ3v) is 2.97. The molecule has 0 fully saturated rings. The molecule has 0 unspecified atom stereocenters. The zero-order chi connectivity index (χ0) is 12.4. The molecule has 0 saturated carbocycles. The van der Waals surface area contributed by atoms with Crippen molar-refractivity contribution in [2.75, 3.05) is 13.2 Å². The van der Waals surface area contributed by atoms with Gasteiger partial charge < -0.3 is 14.1 Å². The first kappa shape index (κ1) is 10.9. The van der Waals surface area contributed by atoms with Crippen LogP contribution >= 0.6 is 0 Å². The molecule has 2 heterocycles. The summed E-state index contributed by atoms with van der Waals surface area (Å²) in [5.41, 5.74) is 1.02. The zero-order valence-electron chi connectivity index (χ0n) is 9.83. The Labute approximate surface area is 105 Å². The Bertz CT molecular complexity index is 548. The highest BCUT2D eigenvalue weighted by atomic mass is 16.5. The van der Waals surface area contributed by atoms with Crippen LogP contribution in [0.15, 0.2) is 47.1 Å². The first-order valence-electron chi connectivity index (χ1n) is 5.88. The van der Waals surface area contributed by atoms with E-state index in [0.29, 0.717) is 25.5 Å². The van der Waals surface area contributed by atoms with Gasteiger partial charge in [-0.25, -0.2) is 0 Å². The Morgan fingerprint density at radius 1 is 1.17 bits per heavy atom. The van der Waals surface area contributed by atoms with E-state index in [0.717, 1.165) is 11.3 Å². The minimum Gasteiger partial charge on any atom is -0.491 e. The number of hydrogen-bond acceptors (Lipinski definition) is 3. The second-order valence-electron chi connectivity index (χ2n) is 4.16. The fourth-order valence-corrected chi connectivity index (χ4v) is 2.06. The highest BCUT2D eigenvalue weighted by molar-refractivity contribution is 5.91. The number of carbonyl (C=O) groups is 1. The van der Waals surface area contributed by atoms with Crippen molar-refractivity contribution in [3.8, 4) is 5.75 Å². The molecule has 0 aliphatic carbocycles. The van der Waals surface area contributed by atoms with Crippen LogP contribution in [0.2, 0.25) is 0 Å². The third-order valence-electron chi connectivity index (χ3n) is 2.97. The molecule has 18 heavy (non-hydrogen) atoms. The van der Waals surface area contributed by atoms with E-state index in [1.807, 2.05) is 24.3 Å². The molecule has 92 valence electrons. The van der Waals surface area contributed by atoms with E-state index in [4.69, 9.17) is 9.15 Å². The van der Waals surface area contributed by atoms with Crippen LogP contribution in [0.5, 0.6) is 5.75 Å². The summed E-state index contributed by atoms with van der Waals surface area (Å²) in [4.78, 5) is 13.9. The molecule has 4 nitrogen and oxygen atoms in total. The number of ether oxygens (including phenoxy) is 1. The molecule has 0 bridgehead atoms. The van der Waals surface area contributed by atoms with Gasteiger partial charge >= 0.3 is 0 Å². The number of furan rings is 1. The first-order valence-corrected chi connectivity index (χ1v) is 5.88. The van der Waals surface area contributed by atoms with Crippen LogP contribution in [-0.4, -0.2) is 24.0 Å². The molecular formula is C14H13NO3. The maximum Gasteiger partial charge on any atom is 0.289 e. The van der Waals surface area contributed by atoms with Crippen molar-refractivity contribution in [2.45, 2.75) is 6.54 Å². The fourth-order valence-electron chi connectivity index (χ4n) is 2.06. The smallest absolute Gasteiger partial charge is 0.289 e. The van der Waals surface area contributed by atoms with Crippen molar-refractivity contribution >= 4 is 5.91 Å². The standard InChI is InChI=1S/C14H13NO3/c16-14(13-6-3-8-17-13)15-7-9-18-12-5-2-1-4-11(12)10-15/h1-6,8H,7,9-10H2. The topological polar surface area (TPSA) is 42.7 Å². The van der Waals surface area contributed by atoms with Gasteiger partial charge in [0, 0.05) is 12.1 Å².